The minimum Gasteiger partial charge on any atom is -0.373 e. The van der Waals surface area contributed by atoms with Crippen molar-refractivity contribution in [2.75, 3.05) is 18.5 Å². The Morgan fingerprint density at radius 1 is 1.60 bits per heavy atom. The summed E-state index contributed by atoms with van der Waals surface area (Å²) in [5, 5.41) is 0. The quantitative estimate of drug-likeness (QED) is 0.812. The van der Waals surface area contributed by atoms with Crippen LogP contribution < -0.4 is 10.6 Å². The molecule has 1 aromatic rings. The highest BCUT2D eigenvalue weighted by molar-refractivity contribution is 5.49. The van der Waals surface area contributed by atoms with Crippen LogP contribution in [0, 0.1) is 11.8 Å². The van der Waals surface area contributed by atoms with Gasteiger partial charge in [0.1, 0.15) is 0 Å². The van der Waals surface area contributed by atoms with E-state index in [-0.39, 0.29) is 0 Å². The van der Waals surface area contributed by atoms with E-state index in [1.807, 2.05) is 6.07 Å². The summed E-state index contributed by atoms with van der Waals surface area (Å²) in [5.41, 5.74) is 7.85. The molecule has 82 valence electrons. The lowest BCUT2D eigenvalue weighted by atomic mass is 10.2. The van der Waals surface area contributed by atoms with Gasteiger partial charge in [-0.1, -0.05) is 6.92 Å². The Morgan fingerprint density at radius 2 is 2.33 bits per heavy atom. The normalized spacial score (nSPS) is 23.9. The fourth-order valence-electron chi connectivity index (χ4n) is 2.04. The maximum atomic E-state index is 5.67. The fraction of sp³-hybridized carbons (Fsp3) is 0.583. The zero-order chi connectivity index (χ0) is 10.8. The van der Waals surface area contributed by atoms with E-state index in [4.69, 9.17) is 5.73 Å². The molecule has 1 aromatic heterocycles. The standard InChI is InChI=1S/C12H19N3/c1-9-6-10(9)8-15(2)12-4-3-5-14-11(12)7-13/h3-5,9-10H,6-8,13H2,1-2H3. The van der Waals surface area contributed by atoms with Crippen LogP contribution in [0.5, 0.6) is 0 Å². The molecule has 0 spiro atoms. The Kier molecular flexibility index (Phi) is 2.91. The first-order chi connectivity index (χ1) is 7.22. The van der Waals surface area contributed by atoms with E-state index >= 15 is 0 Å². The molecule has 2 N–H and O–H groups in total. The van der Waals surface area contributed by atoms with Crippen molar-refractivity contribution in [3.8, 4) is 0 Å². The Hall–Kier alpha value is -1.09. The lowest BCUT2D eigenvalue weighted by molar-refractivity contribution is 0.721. The molecule has 3 heteroatoms. The SMILES string of the molecule is CC1CC1CN(C)c1cccnc1CN. The third-order valence-electron chi connectivity index (χ3n) is 3.26. The molecule has 1 fully saturated rings. The van der Waals surface area contributed by atoms with Crippen molar-refractivity contribution in [1.82, 2.24) is 4.98 Å². The average molecular weight is 205 g/mol. The van der Waals surface area contributed by atoms with Gasteiger partial charge in [0.05, 0.1) is 11.4 Å². The molecule has 3 nitrogen and oxygen atoms in total. The van der Waals surface area contributed by atoms with Crippen LogP contribution in [0.3, 0.4) is 0 Å². The van der Waals surface area contributed by atoms with Crippen molar-refractivity contribution in [3.05, 3.63) is 24.0 Å². The van der Waals surface area contributed by atoms with Crippen molar-refractivity contribution >= 4 is 5.69 Å². The second kappa shape index (κ2) is 4.19. The lowest BCUT2D eigenvalue weighted by Gasteiger charge is -2.21. The van der Waals surface area contributed by atoms with Gasteiger partial charge < -0.3 is 10.6 Å². The van der Waals surface area contributed by atoms with Crippen molar-refractivity contribution in [3.63, 3.8) is 0 Å². The first-order valence-corrected chi connectivity index (χ1v) is 5.57. The fourth-order valence-corrected chi connectivity index (χ4v) is 2.04. The molecule has 1 saturated carbocycles. The monoisotopic (exact) mass is 205 g/mol. The molecule has 1 heterocycles. The van der Waals surface area contributed by atoms with Gasteiger partial charge in [-0.25, -0.2) is 0 Å². The van der Waals surface area contributed by atoms with Crippen molar-refractivity contribution in [2.24, 2.45) is 17.6 Å². The van der Waals surface area contributed by atoms with E-state index in [9.17, 15) is 0 Å². The summed E-state index contributed by atoms with van der Waals surface area (Å²) in [6.07, 6.45) is 3.17. The maximum absolute atomic E-state index is 5.67. The zero-order valence-corrected chi connectivity index (χ0v) is 9.48. The molecule has 0 amide bonds. The first kappa shape index (κ1) is 10.4. The highest BCUT2D eigenvalue weighted by Crippen LogP contribution is 2.38. The van der Waals surface area contributed by atoms with Gasteiger partial charge >= 0.3 is 0 Å². The summed E-state index contributed by atoms with van der Waals surface area (Å²) < 4.78 is 0. The molecular formula is C12H19N3. The third-order valence-corrected chi connectivity index (χ3v) is 3.26. The lowest BCUT2D eigenvalue weighted by Crippen LogP contribution is -2.23. The van der Waals surface area contributed by atoms with Crippen LogP contribution in [0.25, 0.3) is 0 Å². The smallest absolute Gasteiger partial charge is 0.0772 e. The van der Waals surface area contributed by atoms with Gasteiger partial charge in [0, 0.05) is 26.3 Å². The van der Waals surface area contributed by atoms with E-state index in [2.05, 4.69) is 29.9 Å². The predicted molar refractivity (Wildman–Crippen MR) is 62.7 cm³/mol. The number of nitrogens with two attached hydrogens (primary N) is 1. The van der Waals surface area contributed by atoms with E-state index < -0.39 is 0 Å². The van der Waals surface area contributed by atoms with E-state index in [0.717, 1.165) is 24.1 Å². The summed E-state index contributed by atoms with van der Waals surface area (Å²) in [6, 6.07) is 4.07. The van der Waals surface area contributed by atoms with E-state index in [0.29, 0.717) is 6.54 Å². The number of hydrogen-bond acceptors (Lipinski definition) is 3. The van der Waals surface area contributed by atoms with Crippen molar-refractivity contribution < 1.29 is 0 Å². The van der Waals surface area contributed by atoms with Crippen LogP contribution in [0.1, 0.15) is 19.0 Å². The third kappa shape index (κ3) is 2.29. The van der Waals surface area contributed by atoms with Gasteiger partial charge in [-0.3, -0.25) is 4.98 Å². The molecule has 2 unspecified atom stereocenters. The Morgan fingerprint density at radius 3 is 2.93 bits per heavy atom. The first-order valence-electron chi connectivity index (χ1n) is 5.57. The van der Waals surface area contributed by atoms with Crippen LogP contribution in [0.4, 0.5) is 5.69 Å². The Balaban J connectivity index is 2.06. The number of aromatic nitrogens is 1. The number of pyridine rings is 1. The number of rotatable bonds is 4. The molecule has 0 bridgehead atoms. The van der Waals surface area contributed by atoms with Crippen LogP contribution in [-0.2, 0) is 6.54 Å². The summed E-state index contributed by atoms with van der Waals surface area (Å²) in [4.78, 5) is 6.58. The van der Waals surface area contributed by atoms with Gasteiger partial charge in [-0.2, -0.15) is 0 Å². The second-order valence-corrected chi connectivity index (χ2v) is 4.53. The molecular weight excluding hydrogens is 186 g/mol. The minimum atomic E-state index is 0.515. The van der Waals surface area contributed by atoms with Gasteiger partial charge in [-0.05, 0) is 30.4 Å². The topological polar surface area (TPSA) is 42.2 Å². The molecule has 0 aliphatic heterocycles. The van der Waals surface area contributed by atoms with Gasteiger partial charge in [0.2, 0.25) is 0 Å². The van der Waals surface area contributed by atoms with Crippen LogP contribution in [0.15, 0.2) is 18.3 Å². The minimum absolute atomic E-state index is 0.515. The molecule has 1 aliphatic rings. The highest BCUT2D eigenvalue weighted by Gasteiger charge is 2.33. The van der Waals surface area contributed by atoms with Crippen LogP contribution >= 0.6 is 0 Å². The summed E-state index contributed by atoms with van der Waals surface area (Å²) in [6.45, 7) is 3.95. The predicted octanol–water partition coefficient (Wildman–Crippen LogP) is 1.63. The summed E-state index contributed by atoms with van der Waals surface area (Å²) in [5.74, 6) is 1.76. The molecule has 0 aromatic carbocycles. The second-order valence-electron chi connectivity index (χ2n) is 4.53. The molecule has 1 aliphatic carbocycles. The average Bonchev–Trinajstić information content (AvgIpc) is 2.94. The molecule has 0 radical (unpaired) electrons. The summed E-state index contributed by atoms with van der Waals surface area (Å²) >= 11 is 0. The van der Waals surface area contributed by atoms with Gasteiger partial charge in [0.15, 0.2) is 0 Å². The molecule has 0 saturated heterocycles. The van der Waals surface area contributed by atoms with Crippen molar-refractivity contribution in [2.45, 2.75) is 19.9 Å². The molecule has 15 heavy (non-hydrogen) atoms. The summed E-state index contributed by atoms with van der Waals surface area (Å²) in [7, 11) is 2.13. The zero-order valence-electron chi connectivity index (χ0n) is 9.48. The number of nitrogens with zero attached hydrogens (tertiary/aromatic N) is 2. The largest absolute Gasteiger partial charge is 0.373 e. The maximum Gasteiger partial charge on any atom is 0.0772 e. The number of anilines is 1. The highest BCUT2D eigenvalue weighted by atomic mass is 15.1. The van der Waals surface area contributed by atoms with E-state index in [1.54, 1.807) is 6.20 Å². The molecule has 2 rings (SSSR count). The molecule has 2 atom stereocenters. The van der Waals surface area contributed by atoms with Crippen molar-refractivity contribution in [1.29, 1.82) is 0 Å². The van der Waals surface area contributed by atoms with Crippen LogP contribution in [0.2, 0.25) is 0 Å². The Bertz CT molecular complexity index is 337. The van der Waals surface area contributed by atoms with Gasteiger partial charge in [-0.15, -0.1) is 0 Å². The van der Waals surface area contributed by atoms with Crippen LogP contribution in [-0.4, -0.2) is 18.6 Å². The van der Waals surface area contributed by atoms with E-state index in [1.165, 1.54) is 12.1 Å². The Labute approximate surface area is 91.3 Å². The number of hydrogen-bond donors (Lipinski definition) is 1. The van der Waals surface area contributed by atoms with Gasteiger partial charge in [0.25, 0.3) is 0 Å².